The third-order valence-corrected chi connectivity index (χ3v) is 3.95. The van der Waals surface area contributed by atoms with Crippen LogP contribution in [0, 0.1) is 0 Å². The number of aromatic hydroxyl groups is 1. The number of fused-ring (bicyclic) bond motifs is 1. The number of primary amides is 1. The first-order chi connectivity index (χ1) is 10.6. The van der Waals surface area contributed by atoms with Crippen molar-refractivity contribution in [1.29, 1.82) is 0 Å². The Kier molecular flexibility index (Phi) is 3.55. The molecule has 2 aromatic rings. The molecule has 0 atom stereocenters. The standard InChI is InChI=1S/C19H17NO2/c1-12-15(10-13-6-3-2-4-7-13)14-8-5-9-17(21)19(14)16(12)11-18(20)22/h2-10,21H,11H2,1H3,(H2,20,22). The molecule has 0 radical (unpaired) electrons. The topological polar surface area (TPSA) is 63.3 Å². The molecule has 3 N–H and O–H groups in total. The van der Waals surface area contributed by atoms with Gasteiger partial charge in [-0.25, -0.2) is 0 Å². The molecule has 0 heterocycles. The van der Waals surface area contributed by atoms with Gasteiger partial charge in [0.15, 0.2) is 0 Å². The molecule has 0 saturated carbocycles. The molecule has 3 heteroatoms. The SMILES string of the molecule is CC1=C(CC(N)=O)c2c(O)cccc2C1=Cc1ccccc1. The van der Waals surface area contributed by atoms with Crippen molar-refractivity contribution in [3.8, 4) is 5.75 Å². The van der Waals surface area contributed by atoms with E-state index in [9.17, 15) is 9.90 Å². The van der Waals surface area contributed by atoms with E-state index in [1.807, 2.05) is 49.4 Å². The van der Waals surface area contributed by atoms with Crippen LogP contribution in [0.15, 0.2) is 54.1 Å². The average Bonchev–Trinajstić information content (AvgIpc) is 2.75. The van der Waals surface area contributed by atoms with E-state index in [0.717, 1.165) is 33.4 Å². The zero-order valence-corrected chi connectivity index (χ0v) is 12.3. The monoisotopic (exact) mass is 291 g/mol. The zero-order valence-electron chi connectivity index (χ0n) is 12.3. The molecule has 22 heavy (non-hydrogen) atoms. The summed E-state index contributed by atoms with van der Waals surface area (Å²) in [6.07, 6.45) is 2.20. The highest BCUT2D eigenvalue weighted by molar-refractivity contribution is 6.09. The second-order valence-electron chi connectivity index (χ2n) is 5.42. The number of hydrogen-bond donors (Lipinski definition) is 2. The van der Waals surface area contributed by atoms with Crippen LogP contribution in [0.25, 0.3) is 17.2 Å². The van der Waals surface area contributed by atoms with Gasteiger partial charge in [0, 0.05) is 5.56 Å². The fourth-order valence-corrected chi connectivity index (χ4v) is 2.93. The van der Waals surface area contributed by atoms with Crippen LogP contribution in [0.3, 0.4) is 0 Å². The molecule has 3 nitrogen and oxygen atoms in total. The van der Waals surface area contributed by atoms with Crippen molar-refractivity contribution in [3.05, 3.63) is 70.8 Å². The number of hydrogen-bond acceptors (Lipinski definition) is 2. The number of allylic oxidation sites excluding steroid dienone is 2. The van der Waals surface area contributed by atoms with Crippen molar-refractivity contribution < 1.29 is 9.90 Å². The normalized spacial score (nSPS) is 15.2. The summed E-state index contributed by atoms with van der Waals surface area (Å²) < 4.78 is 0. The Morgan fingerprint density at radius 2 is 1.86 bits per heavy atom. The summed E-state index contributed by atoms with van der Waals surface area (Å²) in [4.78, 5) is 11.4. The summed E-state index contributed by atoms with van der Waals surface area (Å²) in [5.74, 6) is -0.214. The van der Waals surface area contributed by atoms with Crippen LogP contribution in [-0.2, 0) is 4.79 Å². The molecule has 0 unspecified atom stereocenters. The summed E-state index contributed by atoms with van der Waals surface area (Å²) in [5.41, 5.74) is 10.9. The van der Waals surface area contributed by atoms with Crippen molar-refractivity contribution in [3.63, 3.8) is 0 Å². The molecular weight excluding hydrogens is 274 g/mol. The lowest BCUT2D eigenvalue weighted by atomic mass is 10.00. The minimum absolute atomic E-state index is 0.128. The van der Waals surface area contributed by atoms with E-state index < -0.39 is 5.91 Å². The van der Waals surface area contributed by atoms with Crippen molar-refractivity contribution in [2.24, 2.45) is 5.73 Å². The van der Waals surface area contributed by atoms with Gasteiger partial charge in [-0.15, -0.1) is 0 Å². The van der Waals surface area contributed by atoms with E-state index in [2.05, 4.69) is 6.08 Å². The fraction of sp³-hybridized carbons (Fsp3) is 0.105. The van der Waals surface area contributed by atoms with Crippen molar-refractivity contribution in [2.45, 2.75) is 13.3 Å². The van der Waals surface area contributed by atoms with Gasteiger partial charge in [0.1, 0.15) is 5.75 Å². The summed E-state index contributed by atoms with van der Waals surface area (Å²) in [7, 11) is 0. The number of nitrogens with two attached hydrogens (primary N) is 1. The molecule has 1 amide bonds. The molecule has 110 valence electrons. The maximum atomic E-state index is 11.4. The van der Waals surface area contributed by atoms with Gasteiger partial charge < -0.3 is 10.8 Å². The summed E-state index contributed by atoms with van der Waals surface area (Å²) >= 11 is 0. The predicted molar refractivity (Wildman–Crippen MR) is 88.8 cm³/mol. The van der Waals surface area contributed by atoms with Gasteiger partial charge in [0.25, 0.3) is 0 Å². The first-order valence-electron chi connectivity index (χ1n) is 7.16. The smallest absolute Gasteiger partial charge is 0.221 e. The summed E-state index contributed by atoms with van der Waals surface area (Å²) in [6.45, 7) is 1.96. The van der Waals surface area contributed by atoms with Gasteiger partial charge in [-0.1, -0.05) is 42.5 Å². The fourth-order valence-electron chi connectivity index (χ4n) is 2.93. The third kappa shape index (κ3) is 2.42. The highest BCUT2D eigenvalue weighted by atomic mass is 16.3. The Morgan fingerprint density at radius 3 is 2.55 bits per heavy atom. The average molecular weight is 291 g/mol. The van der Waals surface area contributed by atoms with E-state index in [1.165, 1.54) is 0 Å². The Morgan fingerprint density at radius 1 is 1.14 bits per heavy atom. The van der Waals surface area contributed by atoms with Crippen LogP contribution in [-0.4, -0.2) is 11.0 Å². The molecule has 1 aliphatic carbocycles. The van der Waals surface area contributed by atoms with Crippen LogP contribution >= 0.6 is 0 Å². The summed E-state index contributed by atoms with van der Waals surface area (Å²) in [5, 5.41) is 10.2. The molecule has 0 saturated heterocycles. The van der Waals surface area contributed by atoms with Gasteiger partial charge in [-0.05, 0) is 46.9 Å². The van der Waals surface area contributed by atoms with Gasteiger partial charge in [0.05, 0.1) is 6.42 Å². The van der Waals surface area contributed by atoms with Gasteiger partial charge in [0.2, 0.25) is 5.91 Å². The highest BCUT2D eigenvalue weighted by Gasteiger charge is 2.27. The molecule has 0 bridgehead atoms. The Labute approximate surface area is 129 Å². The lowest BCUT2D eigenvalue weighted by Gasteiger charge is -2.06. The predicted octanol–water partition coefficient (Wildman–Crippen LogP) is 3.60. The lowest BCUT2D eigenvalue weighted by Crippen LogP contribution is -2.10. The number of phenols is 1. The maximum Gasteiger partial charge on any atom is 0.221 e. The first kappa shape index (κ1) is 14.1. The Bertz CT molecular complexity index is 801. The van der Waals surface area contributed by atoms with E-state index in [1.54, 1.807) is 6.07 Å². The molecule has 2 aromatic carbocycles. The van der Waals surface area contributed by atoms with Crippen LogP contribution in [0.2, 0.25) is 0 Å². The molecule has 0 fully saturated rings. The molecule has 3 rings (SSSR count). The number of rotatable bonds is 3. The maximum absolute atomic E-state index is 11.4. The molecule has 1 aliphatic rings. The Hall–Kier alpha value is -2.81. The number of carbonyl (C=O) groups is 1. The number of benzene rings is 2. The van der Waals surface area contributed by atoms with E-state index >= 15 is 0 Å². The van der Waals surface area contributed by atoms with E-state index in [0.29, 0.717) is 0 Å². The van der Waals surface area contributed by atoms with Crippen LogP contribution in [0.4, 0.5) is 0 Å². The zero-order chi connectivity index (χ0) is 15.7. The number of amides is 1. The van der Waals surface area contributed by atoms with Crippen molar-refractivity contribution in [1.82, 2.24) is 0 Å². The minimum Gasteiger partial charge on any atom is -0.507 e. The van der Waals surface area contributed by atoms with Crippen LogP contribution in [0.1, 0.15) is 30.0 Å². The van der Waals surface area contributed by atoms with Crippen molar-refractivity contribution in [2.75, 3.05) is 0 Å². The van der Waals surface area contributed by atoms with Gasteiger partial charge in [-0.2, -0.15) is 0 Å². The quantitative estimate of drug-likeness (QED) is 0.907. The molecular formula is C19H17NO2. The minimum atomic E-state index is -0.399. The molecule has 0 aliphatic heterocycles. The van der Waals surface area contributed by atoms with Crippen LogP contribution < -0.4 is 5.73 Å². The largest absolute Gasteiger partial charge is 0.507 e. The van der Waals surface area contributed by atoms with Crippen molar-refractivity contribution >= 4 is 23.1 Å². The lowest BCUT2D eigenvalue weighted by molar-refractivity contribution is -0.117. The number of carbonyl (C=O) groups excluding carboxylic acids is 1. The second kappa shape index (κ2) is 5.53. The summed E-state index contributed by atoms with van der Waals surface area (Å²) in [6, 6.07) is 15.4. The highest BCUT2D eigenvalue weighted by Crippen LogP contribution is 2.46. The number of phenolic OH excluding ortho intramolecular Hbond substituents is 1. The molecule has 0 spiro atoms. The first-order valence-corrected chi connectivity index (χ1v) is 7.16. The molecule has 0 aromatic heterocycles. The van der Waals surface area contributed by atoms with Gasteiger partial charge >= 0.3 is 0 Å². The van der Waals surface area contributed by atoms with Crippen LogP contribution in [0.5, 0.6) is 5.75 Å². The van der Waals surface area contributed by atoms with Gasteiger partial charge in [-0.3, -0.25) is 4.79 Å². The third-order valence-electron chi connectivity index (χ3n) is 3.95. The van der Waals surface area contributed by atoms with E-state index in [4.69, 9.17) is 5.73 Å². The second-order valence-corrected chi connectivity index (χ2v) is 5.42. The van der Waals surface area contributed by atoms with E-state index in [-0.39, 0.29) is 12.2 Å². The Balaban J connectivity index is 2.20.